The molecule has 2 atom stereocenters. The van der Waals surface area contributed by atoms with Crippen molar-refractivity contribution in [2.24, 2.45) is 5.92 Å². The summed E-state index contributed by atoms with van der Waals surface area (Å²) in [6.07, 6.45) is 5.44. The Morgan fingerprint density at radius 2 is 1.82 bits per heavy atom. The van der Waals surface area contributed by atoms with Gasteiger partial charge in [-0.05, 0) is 99.5 Å². The molecule has 2 fully saturated rings. The number of aryl methyl sites for hydroxylation is 2. The summed E-state index contributed by atoms with van der Waals surface area (Å²) in [5.41, 5.74) is 6.43. The number of hydrogen-bond donors (Lipinski definition) is 0. The Bertz CT molecular complexity index is 962. The number of epoxide rings is 1. The maximum absolute atomic E-state index is 12.4. The second-order valence-corrected chi connectivity index (χ2v) is 10.3. The molecule has 1 amide bonds. The number of rotatable bonds is 8. The van der Waals surface area contributed by atoms with E-state index in [0.717, 1.165) is 31.7 Å². The lowest BCUT2D eigenvalue weighted by Crippen LogP contribution is -2.34. The van der Waals surface area contributed by atoms with Crippen molar-refractivity contribution < 1.29 is 9.53 Å². The van der Waals surface area contributed by atoms with Crippen LogP contribution in [0.5, 0.6) is 0 Å². The fourth-order valence-electron chi connectivity index (χ4n) is 5.11. The number of likely N-dealkylation sites (tertiary alicyclic amines) is 1. The van der Waals surface area contributed by atoms with Gasteiger partial charge >= 0.3 is 0 Å². The average Bonchev–Trinajstić information content (AvgIpc) is 3.60. The van der Waals surface area contributed by atoms with Crippen LogP contribution in [0.4, 0.5) is 5.69 Å². The van der Waals surface area contributed by atoms with Crippen molar-refractivity contribution >= 4 is 11.6 Å². The van der Waals surface area contributed by atoms with Crippen LogP contribution in [0.25, 0.3) is 0 Å². The predicted octanol–water partition coefficient (Wildman–Crippen LogP) is 6.02. The number of ether oxygens (including phenoxy) is 1. The molecule has 33 heavy (non-hydrogen) atoms. The van der Waals surface area contributed by atoms with Gasteiger partial charge in [0.2, 0.25) is 5.91 Å². The number of carbonyl (C=O) groups is 1. The fraction of sp³-hybridized carbons (Fsp3) is 0.552. The van der Waals surface area contributed by atoms with E-state index in [2.05, 4.69) is 55.1 Å². The van der Waals surface area contributed by atoms with Crippen LogP contribution < -0.4 is 4.90 Å². The zero-order chi connectivity index (χ0) is 23.5. The Hall–Kier alpha value is -2.17. The zero-order valence-corrected chi connectivity index (χ0v) is 21.0. The number of carbonyl (C=O) groups excluding carboxylic acids is 1. The molecule has 4 rings (SSSR count). The molecular formula is C29H40N2O2. The van der Waals surface area contributed by atoms with Crippen molar-refractivity contribution in [3.05, 3.63) is 64.7 Å². The Kier molecular flexibility index (Phi) is 7.55. The highest BCUT2D eigenvalue weighted by Gasteiger charge is 2.39. The Morgan fingerprint density at radius 3 is 2.52 bits per heavy atom. The second-order valence-electron chi connectivity index (χ2n) is 10.3. The molecule has 2 aromatic carbocycles. The van der Waals surface area contributed by atoms with Crippen molar-refractivity contribution in [1.29, 1.82) is 0 Å². The van der Waals surface area contributed by atoms with Crippen molar-refractivity contribution in [2.45, 2.75) is 71.5 Å². The van der Waals surface area contributed by atoms with E-state index in [4.69, 9.17) is 4.74 Å². The first kappa shape index (κ1) is 24.0. The van der Waals surface area contributed by atoms with Crippen LogP contribution >= 0.6 is 0 Å². The third kappa shape index (κ3) is 5.85. The fourth-order valence-corrected chi connectivity index (χ4v) is 5.11. The summed E-state index contributed by atoms with van der Waals surface area (Å²) < 4.78 is 5.98. The molecule has 0 N–H and O–H groups in total. The van der Waals surface area contributed by atoms with E-state index in [9.17, 15) is 4.79 Å². The maximum Gasteiger partial charge on any atom is 0.229 e. The van der Waals surface area contributed by atoms with Crippen LogP contribution in [0.2, 0.25) is 0 Å². The van der Waals surface area contributed by atoms with Gasteiger partial charge in [-0.15, -0.1) is 0 Å². The van der Waals surface area contributed by atoms with Gasteiger partial charge in [0.1, 0.15) is 6.10 Å². The highest BCUT2D eigenvalue weighted by atomic mass is 16.6. The van der Waals surface area contributed by atoms with Crippen molar-refractivity contribution in [2.75, 3.05) is 31.6 Å². The quantitative estimate of drug-likeness (QED) is 0.463. The first-order valence-electron chi connectivity index (χ1n) is 12.7. The van der Waals surface area contributed by atoms with Crippen molar-refractivity contribution in [3.63, 3.8) is 0 Å². The van der Waals surface area contributed by atoms with Gasteiger partial charge in [0.15, 0.2) is 0 Å². The minimum absolute atomic E-state index is 0.0132. The highest BCUT2D eigenvalue weighted by Crippen LogP contribution is 2.42. The molecule has 0 aliphatic carbocycles. The summed E-state index contributed by atoms with van der Waals surface area (Å²) in [7, 11) is 1.89. The molecule has 0 saturated carbocycles. The molecule has 4 nitrogen and oxygen atoms in total. The van der Waals surface area contributed by atoms with Crippen LogP contribution in [-0.4, -0.2) is 43.6 Å². The summed E-state index contributed by atoms with van der Waals surface area (Å²) in [6.45, 7) is 11.7. The van der Waals surface area contributed by atoms with E-state index in [0.29, 0.717) is 18.1 Å². The molecule has 2 aliphatic rings. The average molecular weight is 449 g/mol. The van der Waals surface area contributed by atoms with Crippen LogP contribution in [-0.2, 0) is 9.53 Å². The number of benzene rings is 2. The monoisotopic (exact) mass is 448 g/mol. The number of amides is 1. The highest BCUT2D eigenvalue weighted by molar-refractivity contribution is 5.94. The first-order chi connectivity index (χ1) is 15.8. The van der Waals surface area contributed by atoms with Gasteiger partial charge in [-0.1, -0.05) is 44.2 Å². The normalized spacial score (nSPS) is 21.4. The molecule has 2 heterocycles. The third-order valence-corrected chi connectivity index (χ3v) is 7.55. The summed E-state index contributed by atoms with van der Waals surface area (Å²) in [5, 5.41) is 0. The van der Waals surface area contributed by atoms with Crippen LogP contribution in [0.1, 0.15) is 73.8 Å². The molecule has 0 bridgehead atoms. The summed E-state index contributed by atoms with van der Waals surface area (Å²) in [5.74, 6) is 0.769. The molecule has 2 aliphatic heterocycles. The lowest BCUT2D eigenvalue weighted by molar-refractivity contribution is -0.121. The van der Waals surface area contributed by atoms with Gasteiger partial charge in [0.05, 0.1) is 6.10 Å². The smallest absolute Gasteiger partial charge is 0.229 e. The van der Waals surface area contributed by atoms with Gasteiger partial charge in [0.25, 0.3) is 0 Å². The maximum atomic E-state index is 12.4. The van der Waals surface area contributed by atoms with Gasteiger partial charge < -0.3 is 14.5 Å². The number of anilines is 1. The molecular weight excluding hydrogens is 408 g/mol. The minimum Gasteiger partial charge on any atom is -0.365 e. The van der Waals surface area contributed by atoms with Crippen LogP contribution in [0.15, 0.2) is 42.5 Å². The zero-order valence-electron chi connectivity index (χ0n) is 21.0. The van der Waals surface area contributed by atoms with E-state index in [-0.39, 0.29) is 11.8 Å². The molecule has 2 unspecified atom stereocenters. The van der Waals surface area contributed by atoms with Gasteiger partial charge in [-0.25, -0.2) is 0 Å². The minimum atomic E-state index is 0.0132. The first-order valence-corrected chi connectivity index (χ1v) is 12.7. The lowest BCUT2D eigenvalue weighted by Gasteiger charge is -2.32. The Labute approximate surface area is 199 Å². The van der Waals surface area contributed by atoms with Crippen molar-refractivity contribution in [3.8, 4) is 0 Å². The molecule has 4 heteroatoms. The molecule has 2 saturated heterocycles. The van der Waals surface area contributed by atoms with Crippen molar-refractivity contribution in [1.82, 2.24) is 4.90 Å². The standard InChI is InChI=1S/C29H40N2O2/c1-20(2)29(32)30(5)26-9-6-8-24(19-26)23-13-16-31(17-14-23)15-7-10-27-28(33-27)25-12-11-21(3)22(4)18-25/h6,8-9,11-12,18-20,23,27-28H,7,10,13-17H2,1-5H3. The predicted molar refractivity (Wildman–Crippen MR) is 136 cm³/mol. The summed E-state index contributed by atoms with van der Waals surface area (Å²) >= 11 is 0. The molecule has 2 aromatic rings. The van der Waals surface area contributed by atoms with Gasteiger partial charge in [-0.2, -0.15) is 0 Å². The second kappa shape index (κ2) is 10.4. The van der Waals surface area contributed by atoms with Gasteiger partial charge in [-0.3, -0.25) is 4.79 Å². The largest absolute Gasteiger partial charge is 0.365 e. The lowest BCUT2D eigenvalue weighted by atomic mass is 9.89. The number of hydrogen-bond acceptors (Lipinski definition) is 3. The number of nitrogens with zero attached hydrogens (tertiary/aromatic N) is 2. The van der Waals surface area contributed by atoms with E-state index in [1.54, 1.807) is 4.90 Å². The summed E-state index contributed by atoms with van der Waals surface area (Å²) in [4.78, 5) is 16.8. The number of piperidine rings is 1. The van der Waals surface area contributed by atoms with Gasteiger partial charge in [0, 0.05) is 18.7 Å². The molecule has 0 spiro atoms. The molecule has 0 aromatic heterocycles. The third-order valence-electron chi connectivity index (χ3n) is 7.55. The summed E-state index contributed by atoms with van der Waals surface area (Å²) in [6, 6.07) is 15.3. The van der Waals surface area contributed by atoms with E-state index < -0.39 is 0 Å². The van der Waals surface area contributed by atoms with E-state index >= 15 is 0 Å². The Balaban J connectivity index is 1.20. The van der Waals surface area contributed by atoms with Crippen LogP contribution in [0, 0.1) is 19.8 Å². The molecule has 178 valence electrons. The van der Waals surface area contributed by atoms with Crippen LogP contribution in [0.3, 0.4) is 0 Å². The SMILES string of the molecule is Cc1ccc(C2OC2CCCN2CCC(c3cccc(N(C)C(=O)C(C)C)c3)CC2)cc1C. The topological polar surface area (TPSA) is 36.1 Å². The van der Waals surface area contributed by atoms with E-state index in [1.165, 1.54) is 41.5 Å². The Morgan fingerprint density at radius 1 is 1.06 bits per heavy atom. The van der Waals surface area contributed by atoms with E-state index in [1.807, 2.05) is 27.0 Å². The molecule has 0 radical (unpaired) electrons.